The van der Waals surface area contributed by atoms with Gasteiger partial charge in [-0.3, -0.25) is 9.59 Å². The van der Waals surface area contributed by atoms with E-state index >= 15 is 0 Å². The highest BCUT2D eigenvalue weighted by Crippen LogP contribution is 2.37. The number of halogens is 1. The zero-order chi connectivity index (χ0) is 30.9. The molecule has 1 saturated heterocycles. The molecule has 1 aliphatic rings. The Bertz CT molecular complexity index is 1100. The van der Waals surface area contributed by atoms with E-state index in [1.54, 1.807) is 0 Å². The Balaban J connectivity index is 1.66. The van der Waals surface area contributed by atoms with E-state index in [-0.39, 0.29) is 24.6 Å². The summed E-state index contributed by atoms with van der Waals surface area (Å²) in [5.74, 6) is 0.376. The third kappa shape index (κ3) is 12.1. The molecule has 1 aliphatic heterocycles. The first kappa shape index (κ1) is 34.9. The van der Waals surface area contributed by atoms with E-state index in [4.69, 9.17) is 30.5 Å². The normalized spacial score (nSPS) is 18.3. The van der Waals surface area contributed by atoms with Crippen molar-refractivity contribution in [2.45, 2.75) is 129 Å². The lowest BCUT2D eigenvalue weighted by Gasteiger charge is -2.36. The SMILES string of the molecule is CCCCCCCC(=O)OC[C@H]1OC(c2ccc(Cl)c(-c3ccc(OCC)cc3)c2)CC[C@H]1OC(=O)CCCCCCC. The van der Waals surface area contributed by atoms with Crippen LogP contribution in [0.1, 0.15) is 122 Å². The Kier molecular flexibility index (Phi) is 16.0. The van der Waals surface area contributed by atoms with Gasteiger partial charge in [0, 0.05) is 23.4 Å². The van der Waals surface area contributed by atoms with Gasteiger partial charge in [-0.15, -0.1) is 0 Å². The van der Waals surface area contributed by atoms with Crippen molar-refractivity contribution in [3.05, 3.63) is 53.1 Å². The number of carbonyl (C=O) groups excluding carboxylic acids is 2. The molecule has 238 valence electrons. The van der Waals surface area contributed by atoms with Crippen molar-refractivity contribution in [3.8, 4) is 16.9 Å². The zero-order valence-corrected chi connectivity index (χ0v) is 27.2. The fourth-order valence-electron chi connectivity index (χ4n) is 5.48. The maximum absolute atomic E-state index is 12.7. The molecule has 7 heteroatoms. The maximum Gasteiger partial charge on any atom is 0.306 e. The van der Waals surface area contributed by atoms with Crippen molar-refractivity contribution in [3.63, 3.8) is 0 Å². The number of rotatable bonds is 19. The van der Waals surface area contributed by atoms with E-state index in [0.29, 0.717) is 37.3 Å². The predicted molar refractivity (Wildman–Crippen MR) is 172 cm³/mol. The quantitative estimate of drug-likeness (QED) is 0.116. The van der Waals surface area contributed by atoms with Crippen molar-refractivity contribution in [2.24, 2.45) is 0 Å². The smallest absolute Gasteiger partial charge is 0.306 e. The van der Waals surface area contributed by atoms with Crippen LogP contribution in [-0.2, 0) is 23.8 Å². The van der Waals surface area contributed by atoms with Gasteiger partial charge in [-0.25, -0.2) is 0 Å². The molecule has 0 aromatic heterocycles. The number of unbranched alkanes of at least 4 members (excludes halogenated alkanes) is 8. The zero-order valence-electron chi connectivity index (χ0n) is 26.4. The molecule has 2 aromatic rings. The Morgan fingerprint density at radius 3 is 2.12 bits per heavy atom. The van der Waals surface area contributed by atoms with E-state index in [1.165, 1.54) is 25.7 Å². The summed E-state index contributed by atoms with van der Waals surface area (Å²) in [6, 6.07) is 13.8. The Morgan fingerprint density at radius 2 is 1.47 bits per heavy atom. The summed E-state index contributed by atoms with van der Waals surface area (Å²) in [6.07, 6.45) is 11.6. The molecular weight excluding hydrogens is 564 g/mol. The van der Waals surface area contributed by atoms with Crippen molar-refractivity contribution in [1.82, 2.24) is 0 Å². The van der Waals surface area contributed by atoms with E-state index < -0.39 is 12.2 Å². The summed E-state index contributed by atoms with van der Waals surface area (Å²) in [7, 11) is 0. The highest BCUT2D eigenvalue weighted by Gasteiger charge is 2.35. The summed E-state index contributed by atoms with van der Waals surface area (Å²) in [5.41, 5.74) is 2.89. The van der Waals surface area contributed by atoms with E-state index in [9.17, 15) is 9.59 Å². The molecule has 0 radical (unpaired) electrons. The van der Waals surface area contributed by atoms with Crippen LogP contribution in [-0.4, -0.2) is 37.4 Å². The van der Waals surface area contributed by atoms with Gasteiger partial charge in [-0.2, -0.15) is 0 Å². The van der Waals surface area contributed by atoms with Crippen LogP contribution in [0, 0.1) is 0 Å². The van der Waals surface area contributed by atoms with E-state index in [2.05, 4.69) is 19.9 Å². The monoisotopic (exact) mass is 614 g/mol. The number of hydrogen-bond acceptors (Lipinski definition) is 6. The van der Waals surface area contributed by atoms with Gasteiger partial charge in [0.1, 0.15) is 24.6 Å². The summed E-state index contributed by atoms with van der Waals surface area (Å²) in [5, 5.41) is 0.652. The van der Waals surface area contributed by atoms with E-state index in [1.807, 2.05) is 43.3 Å². The highest BCUT2D eigenvalue weighted by molar-refractivity contribution is 6.33. The van der Waals surface area contributed by atoms with Gasteiger partial charge in [0.2, 0.25) is 0 Å². The van der Waals surface area contributed by atoms with Crippen LogP contribution in [0.4, 0.5) is 0 Å². The Hall–Kier alpha value is -2.57. The first-order valence-corrected chi connectivity index (χ1v) is 16.9. The summed E-state index contributed by atoms with van der Waals surface area (Å²) >= 11 is 6.62. The first-order chi connectivity index (χ1) is 20.9. The van der Waals surface area contributed by atoms with Crippen LogP contribution in [0.3, 0.4) is 0 Å². The number of benzene rings is 2. The van der Waals surface area contributed by atoms with Crippen molar-refractivity contribution in [2.75, 3.05) is 13.2 Å². The minimum Gasteiger partial charge on any atom is -0.494 e. The first-order valence-electron chi connectivity index (χ1n) is 16.5. The second kappa shape index (κ2) is 19.7. The maximum atomic E-state index is 12.7. The number of carbonyl (C=O) groups is 2. The molecule has 3 rings (SSSR count). The molecule has 0 spiro atoms. The van der Waals surface area contributed by atoms with Gasteiger partial charge in [-0.05, 0) is 68.0 Å². The summed E-state index contributed by atoms with van der Waals surface area (Å²) < 4.78 is 23.7. The molecular formula is C36H51ClO6. The molecule has 3 atom stereocenters. The molecule has 6 nitrogen and oxygen atoms in total. The third-order valence-corrected chi connectivity index (χ3v) is 8.30. The fourth-order valence-corrected chi connectivity index (χ4v) is 5.70. The van der Waals surface area contributed by atoms with Gasteiger partial charge in [0.05, 0.1) is 12.7 Å². The van der Waals surface area contributed by atoms with Crippen LogP contribution in [0.15, 0.2) is 42.5 Å². The molecule has 0 amide bonds. The van der Waals surface area contributed by atoms with Gasteiger partial charge in [0.25, 0.3) is 0 Å². The van der Waals surface area contributed by atoms with Gasteiger partial charge in [0.15, 0.2) is 0 Å². The molecule has 2 aromatic carbocycles. The second-order valence-electron chi connectivity index (χ2n) is 11.5. The third-order valence-electron chi connectivity index (χ3n) is 7.97. The molecule has 1 heterocycles. The number of hydrogen-bond donors (Lipinski definition) is 0. The van der Waals surface area contributed by atoms with Gasteiger partial charge >= 0.3 is 11.9 Å². The molecule has 0 aliphatic carbocycles. The predicted octanol–water partition coefficient (Wildman–Crippen LogP) is 9.80. The number of ether oxygens (including phenoxy) is 4. The average Bonchev–Trinajstić information content (AvgIpc) is 3.01. The lowest BCUT2D eigenvalue weighted by atomic mass is 9.94. The van der Waals surface area contributed by atoms with Crippen LogP contribution in [0.5, 0.6) is 5.75 Å². The molecule has 0 saturated carbocycles. The summed E-state index contributed by atoms with van der Waals surface area (Å²) in [4.78, 5) is 25.2. The highest BCUT2D eigenvalue weighted by atomic mass is 35.5. The molecule has 0 N–H and O–H groups in total. The average molecular weight is 615 g/mol. The fraction of sp³-hybridized carbons (Fsp3) is 0.611. The number of esters is 2. The lowest BCUT2D eigenvalue weighted by molar-refractivity contribution is -0.184. The Morgan fingerprint density at radius 1 is 0.814 bits per heavy atom. The molecule has 43 heavy (non-hydrogen) atoms. The van der Waals surface area contributed by atoms with Crippen LogP contribution in [0.2, 0.25) is 5.02 Å². The van der Waals surface area contributed by atoms with Crippen LogP contribution in [0.25, 0.3) is 11.1 Å². The van der Waals surface area contributed by atoms with Crippen LogP contribution >= 0.6 is 11.6 Å². The minimum atomic E-state index is -0.531. The largest absolute Gasteiger partial charge is 0.494 e. The lowest BCUT2D eigenvalue weighted by Crippen LogP contribution is -2.42. The summed E-state index contributed by atoms with van der Waals surface area (Å²) in [6.45, 7) is 6.99. The molecule has 1 fully saturated rings. The molecule has 0 bridgehead atoms. The standard InChI is InChI=1S/C36H51ClO6/c1-4-7-9-11-13-15-35(38)41-26-34-33(43-36(39)16-14-12-10-8-5-2)24-23-32(42-34)28-19-22-31(37)30(25-28)27-17-20-29(21-18-27)40-6-3/h17-22,25,32-34H,4-16,23-24,26H2,1-3H3/t32?,33-,34-/m1/s1. The molecule has 1 unspecified atom stereocenters. The van der Waals surface area contributed by atoms with Crippen molar-refractivity contribution >= 4 is 23.5 Å². The van der Waals surface area contributed by atoms with Crippen molar-refractivity contribution < 1.29 is 28.5 Å². The van der Waals surface area contributed by atoms with Gasteiger partial charge in [-0.1, -0.05) is 95.0 Å². The Labute approximate surface area is 263 Å². The van der Waals surface area contributed by atoms with Crippen LogP contribution < -0.4 is 4.74 Å². The van der Waals surface area contributed by atoms with Crippen molar-refractivity contribution in [1.29, 1.82) is 0 Å². The van der Waals surface area contributed by atoms with E-state index in [0.717, 1.165) is 61.0 Å². The minimum absolute atomic E-state index is 0.0675. The topological polar surface area (TPSA) is 71.1 Å². The van der Waals surface area contributed by atoms with Gasteiger partial charge < -0.3 is 18.9 Å². The second-order valence-corrected chi connectivity index (χ2v) is 11.9.